The number of β-amino-alcohol motifs (C(OH)–C–C–N with tert-alkyl or cyclic N) is 1. The normalized spacial score (nSPS) is 18.1. The van der Waals surface area contributed by atoms with Crippen LogP contribution in [0.15, 0.2) is 42.5 Å². The van der Waals surface area contributed by atoms with E-state index in [4.69, 9.17) is 0 Å². The number of amides is 2. The third-order valence-electron chi connectivity index (χ3n) is 6.10. The summed E-state index contributed by atoms with van der Waals surface area (Å²) in [5.41, 5.74) is 1.29. The molecule has 0 radical (unpaired) electrons. The summed E-state index contributed by atoms with van der Waals surface area (Å²) in [4.78, 5) is 26.2. The number of carbonyl (C=O) groups is 2. The first kappa shape index (κ1) is 25.6. The number of nitrogens with one attached hydrogen (secondary N) is 2. The van der Waals surface area contributed by atoms with Gasteiger partial charge < -0.3 is 15.7 Å². The van der Waals surface area contributed by atoms with Crippen LogP contribution in [-0.4, -0.2) is 52.9 Å². The Hall–Kier alpha value is -2.97. The molecule has 3 atom stereocenters. The number of rotatable bonds is 6. The summed E-state index contributed by atoms with van der Waals surface area (Å²) in [5.74, 6) is -2.51. The van der Waals surface area contributed by atoms with E-state index in [9.17, 15) is 23.5 Å². The smallest absolute Gasteiger partial charge is 0.386 e. The number of aliphatic hydroxyl groups excluding tert-OH is 1. The molecule has 0 bridgehead atoms. The zero-order chi connectivity index (χ0) is 25.2. The van der Waals surface area contributed by atoms with Gasteiger partial charge in [-0.1, -0.05) is 57.2 Å². The Morgan fingerprint density at radius 1 is 1.12 bits per heavy atom. The Labute approximate surface area is 198 Å². The average molecular weight is 473 g/mol. The van der Waals surface area contributed by atoms with Crippen LogP contribution in [0.5, 0.6) is 0 Å². The molecule has 8 heteroatoms. The van der Waals surface area contributed by atoms with Crippen molar-refractivity contribution in [3.8, 4) is 11.1 Å². The quantitative estimate of drug-likeness (QED) is 0.564. The highest BCUT2D eigenvalue weighted by Crippen LogP contribution is 2.26. The van der Waals surface area contributed by atoms with Crippen molar-refractivity contribution in [3.05, 3.63) is 59.7 Å². The van der Waals surface area contributed by atoms with Crippen LogP contribution in [-0.2, 0) is 9.59 Å². The maximum Gasteiger partial charge on any atom is 0.404 e. The topological polar surface area (TPSA) is 81.4 Å². The van der Waals surface area contributed by atoms with Gasteiger partial charge in [-0.15, -0.1) is 0 Å². The molecule has 6 nitrogen and oxygen atoms in total. The van der Waals surface area contributed by atoms with Crippen molar-refractivity contribution in [3.63, 3.8) is 0 Å². The van der Waals surface area contributed by atoms with Crippen molar-refractivity contribution < 1.29 is 28.1 Å². The first-order valence-corrected chi connectivity index (χ1v) is 11.3. The van der Waals surface area contributed by atoms with Crippen LogP contribution in [0.4, 0.5) is 8.78 Å². The van der Waals surface area contributed by atoms with Crippen LogP contribution in [0.1, 0.15) is 45.7 Å². The van der Waals surface area contributed by atoms with Gasteiger partial charge in [-0.05, 0) is 36.6 Å². The summed E-state index contributed by atoms with van der Waals surface area (Å²) >= 11 is 0. The van der Waals surface area contributed by atoms with E-state index in [2.05, 4.69) is 10.6 Å². The number of likely N-dealkylation sites (N-methyl/N-ethyl adjacent to an activating group) is 1. The lowest BCUT2D eigenvalue weighted by Crippen LogP contribution is -2.51. The highest BCUT2D eigenvalue weighted by Gasteiger charge is 2.45. The SMILES string of the molecule is CN[C@H](C(=O)[N+]1=C(C(=O)N[C@@H](C)c2ccc(-c3cccc(F)c3F)cc2)C[C@@H](O)C1)C(C)(C)C. The van der Waals surface area contributed by atoms with Gasteiger partial charge in [-0.2, -0.15) is 4.58 Å². The van der Waals surface area contributed by atoms with Crippen LogP contribution in [0.2, 0.25) is 0 Å². The molecule has 2 aromatic carbocycles. The molecule has 0 fully saturated rings. The van der Waals surface area contributed by atoms with Gasteiger partial charge in [-0.25, -0.2) is 13.6 Å². The van der Waals surface area contributed by atoms with Crippen molar-refractivity contribution in [2.75, 3.05) is 13.6 Å². The molecule has 0 unspecified atom stereocenters. The van der Waals surface area contributed by atoms with Crippen LogP contribution in [0.25, 0.3) is 11.1 Å². The van der Waals surface area contributed by atoms with Gasteiger partial charge >= 0.3 is 11.8 Å². The molecule has 182 valence electrons. The predicted molar refractivity (Wildman–Crippen MR) is 126 cm³/mol. The highest BCUT2D eigenvalue weighted by molar-refractivity contribution is 6.38. The van der Waals surface area contributed by atoms with Crippen LogP contribution in [0, 0.1) is 17.0 Å². The maximum atomic E-state index is 14.1. The summed E-state index contributed by atoms with van der Waals surface area (Å²) in [7, 11) is 1.70. The van der Waals surface area contributed by atoms with Gasteiger partial charge in [0.05, 0.1) is 12.5 Å². The monoisotopic (exact) mass is 472 g/mol. The summed E-state index contributed by atoms with van der Waals surface area (Å²) in [6.07, 6.45) is -0.722. The summed E-state index contributed by atoms with van der Waals surface area (Å²) in [6.45, 7) is 7.65. The molecule has 0 saturated heterocycles. The fourth-order valence-electron chi connectivity index (χ4n) is 4.28. The molecule has 0 spiro atoms. The van der Waals surface area contributed by atoms with Crippen LogP contribution < -0.4 is 10.6 Å². The average Bonchev–Trinajstić information content (AvgIpc) is 3.17. The second-order valence-electron chi connectivity index (χ2n) is 9.76. The standard InChI is InChI=1S/C26H31F2N3O3/c1-15(16-9-11-17(12-10-16)19-7-6-8-20(27)22(19)28)30-24(33)21-13-18(32)14-31(21)25(34)23(29-5)26(2,3)4/h6-12,15,18,23,29,32H,13-14H2,1-5H3/p+1/t15-,18+,23+/m0/s1. The fourth-order valence-corrected chi connectivity index (χ4v) is 4.28. The van der Waals surface area contributed by atoms with E-state index in [1.807, 2.05) is 20.8 Å². The largest absolute Gasteiger partial charge is 0.404 e. The Morgan fingerprint density at radius 3 is 2.35 bits per heavy atom. The molecule has 34 heavy (non-hydrogen) atoms. The zero-order valence-corrected chi connectivity index (χ0v) is 20.2. The number of hydrogen-bond donors (Lipinski definition) is 3. The van der Waals surface area contributed by atoms with E-state index >= 15 is 0 Å². The molecule has 2 aromatic rings. The number of nitrogens with zero attached hydrogens (tertiary/aromatic N) is 1. The number of carbonyl (C=O) groups excluding carboxylic acids is 2. The Balaban J connectivity index is 1.79. The second-order valence-corrected chi connectivity index (χ2v) is 9.76. The van der Waals surface area contributed by atoms with E-state index in [1.54, 1.807) is 38.2 Å². The number of halogens is 2. The van der Waals surface area contributed by atoms with Gasteiger partial charge in [0.1, 0.15) is 12.1 Å². The third kappa shape index (κ3) is 5.39. The van der Waals surface area contributed by atoms with Crippen molar-refractivity contribution >= 4 is 17.5 Å². The Morgan fingerprint density at radius 2 is 1.76 bits per heavy atom. The van der Waals surface area contributed by atoms with Gasteiger partial charge in [0.25, 0.3) is 5.71 Å². The van der Waals surface area contributed by atoms with Gasteiger partial charge in [-0.3, -0.25) is 4.79 Å². The highest BCUT2D eigenvalue weighted by atomic mass is 19.2. The molecule has 2 amide bonds. The van der Waals surface area contributed by atoms with E-state index in [0.717, 1.165) is 11.6 Å². The minimum atomic E-state index is -0.913. The number of hydrogen-bond acceptors (Lipinski definition) is 4. The summed E-state index contributed by atoms with van der Waals surface area (Å²) < 4.78 is 29.0. The second kappa shape index (κ2) is 10.1. The molecule has 0 aromatic heterocycles. The van der Waals surface area contributed by atoms with Crippen LogP contribution >= 0.6 is 0 Å². The third-order valence-corrected chi connectivity index (χ3v) is 6.10. The van der Waals surface area contributed by atoms with E-state index in [0.29, 0.717) is 5.56 Å². The maximum absolute atomic E-state index is 14.1. The molecule has 1 heterocycles. The first-order valence-electron chi connectivity index (χ1n) is 11.3. The van der Waals surface area contributed by atoms with Gasteiger partial charge in [0.15, 0.2) is 18.2 Å². The summed E-state index contributed by atoms with van der Waals surface area (Å²) in [5, 5.41) is 16.1. The Kier molecular flexibility index (Phi) is 7.63. The predicted octanol–water partition coefficient (Wildman–Crippen LogP) is 3.19. The molecule has 0 aliphatic carbocycles. The van der Waals surface area contributed by atoms with Gasteiger partial charge in [0, 0.05) is 5.56 Å². The van der Waals surface area contributed by atoms with E-state index < -0.39 is 35.7 Å². The zero-order valence-electron chi connectivity index (χ0n) is 20.2. The van der Waals surface area contributed by atoms with E-state index in [1.165, 1.54) is 16.7 Å². The molecule has 1 aliphatic rings. The van der Waals surface area contributed by atoms with Crippen molar-refractivity contribution in [1.29, 1.82) is 0 Å². The van der Waals surface area contributed by atoms with Crippen LogP contribution in [0.3, 0.4) is 0 Å². The van der Waals surface area contributed by atoms with E-state index in [-0.39, 0.29) is 35.6 Å². The van der Waals surface area contributed by atoms with Crippen molar-refractivity contribution in [2.45, 2.75) is 52.3 Å². The lowest BCUT2D eigenvalue weighted by atomic mass is 9.86. The fraction of sp³-hybridized carbons (Fsp3) is 0.423. The molecule has 0 saturated carbocycles. The van der Waals surface area contributed by atoms with Crippen molar-refractivity contribution in [2.24, 2.45) is 5.41 Å². The first-order chi connectivity index (χ1) is 15.9. The minimum Gasteiger partial charge on any atom is -0.386 e. The molecule has 3 rings (SSSR count). The molecular formula is C26H32F2N3O3+. The Bertz CT molecular complexity index is 1110. The molecule has 1 aliphatic heterocycles. The van der Waals surface area contributed by atoms with Gasteiger partial charge in [0.2, 0.25) is 0 Å². The number of aliphatic hydroxyl groups is 1. The summed E-state index contributed by atoms with van der Waals surface area (Å²) in [6, 6.07) is 9.88. The molecule has 3 N–H and O–H groups in total. The number of benzene rings is 2. The molecular weight excluding hydrogens is 440 g/mol. The lowest BCUT2D eigenvalue weighted by Gasteiger charge is -2.26. The van der Waals surface area contributed by atoms with Crippen molar-refractivity contribution in [1.82, 2.24) is 10.6 Å². The minimum absolute atomic E-state index is 0.0676. The lowest BCUT2D eigenvalue weighted by molar-refractivity contribution is -0.450.